The van der Waals surface area contributed by atoms with Crippen LogP contribution >= 0.6 is 0 Å². The molecular weight excluding hydrogens is 124 g/mol. The molecule has 1 saturated heterocycles. The van der Waals surface area contributed by atoms with Gasteiger partial charge in [0, 0.05) is 6.04 Å². The minimum atomic E-state index is 0.674. The van der Waals surface area contributed by atoms with Gasteiger partial charge in [-0.3, -0.25) is 0 Å². The van der Waals surface area contributed by atoms with Crippen molar-refractivity contribution in [2.24, 2.45) is 11.7 Å². The Balaban J connectivity index is 2.38. The van der Waals surface area contributed by atoms with Gasteiger partial charge in [-0.1, -0.05) is 6.92 Å². The molecule has 1 fully saturated rings. The summed E-state index contributed by atoms with van der Waals surface area (Å²) in [5.41, 5.74) is 5.59. The minimum absolute atomic E-state index is 0.674. The zero-order chi connectivity index (χ0) is 7.56. The normalized spacial score (nSPS) is 30.9. The fourth-order valence-electron chi connectivity index (χ4n) is 1.81. The zero-order valence-corrected chi connectivity index (χ0v) is 7.01. The maximum atomic E-state index is 5.59. The van der Waals surface area contributed by atoms with Crippen molar-refractivity contribution in [1.29, 1.82) is 0 Å². The number of rotatable bonds is 2. The Hall–Kier alpha value is -0.0800. The average Bonchev–Trinajstić information content (AvgIpc) is 2.34. The van der Waals surface area contributed by atoms with Crippen LogP contribution < -0.4 is 5.73 Å². The highest BCUT2D eigenvalue weighted by Gasteiger charge is 2.24. The molecular formula is C8H18N2. The molecule has 1 aliphatic rings. The molecule has 0 bridgehead atoms. The molecule has 0 aromatic heterocycles. The highest BCUT2D eigenvalue weighted by molar-refractivity contribution is 4.80. The zero-order valence-electron chi connectivity index (χ0n) is 7.01. The molecule has 1 heterocycles. The summed E-state index contributed by atoms with van der Waals surface area (Å²) in [4.78, 5) is 2.43. The molecule has 60 valence electrons. The first kappa shape index (κ1) is 8.02. The second-order valence-corrected chi connectivity index (χ2v) is 3.40. The van der Waals surface area contributed by atoms with Gasteiger partial charge in [-0.2, -0.15) is 0 Å². The molecule has 1 rings (SSSR count). The number of nitrogens with two attached hydrogens (primary N) is 1. The fraction of sp³-hybridized carbons (Fsp3) is 1.00. The first-order chi connectivity index (χ1) is 4.75. The van der Waals surface area contributed by atoms with Gasteiger partial charge in [-0.15, -0.1) is 0 Å². The van der Waals surface area contributed by atoms with Crippen molar-refractivity contribution < 1.29 is 0 Å². The number of hydrogen-bond acceptors (Lipinski definition) is 2. The lowest BCUT2D eigenvalue weighted by Gasteiger charge is -2.24. The van der Waals surface area contributed by atoms with Crippen molar-refractivity contribution in [2.45, 2.75) is 25.8 Å². The predicted molar refractivity (Wildman–Crippen MR) is 43.9 cm³/mol. The van der Waals surface area contributed by atoms with Gasteiger partial charge in [-0.25, -0.2) is 0 Å². The Morgan fingerprint density at radius 1 is 1.70 bits per heavy atom. The molecule has 0 aliphatic carbocycles. The topological polar surface area (TPSA) is 29.3 Å². The summed E-state index contributed by atoms with van der Waals surface area (Å²) < 4.78 is 0. The van der Waals surface area contributed by atoms with Crippen LogP contribution in [-0.4, -0.2) is 31.1 Å². The number of hydrogen-bond donors (Lipinski definition) is 1. The minimum Gasteiger partial charge on any atom is -0.330 e. The molecule has 2 heteroatoms. The van der Waals surface area contributed by atoms with Crippen molar-refractivity contribution >= 4 is 0 Å². The predicted octanol–water partition coefficient (Wildman–Crippen LogP) is 0.675. The SMILES string of the molecule is C[C@H](CN)[C@@H]1CCCN1C. The largest absolute Gasteiger partial charge is 0.330 e. The summed E-state index contributed by atoms with van der Waals surface area (Å²) in [6.07, 6.45) is 2.69. The van der Waals surface area contributed by atoms with Gasteiger partial charge < -0.3 is 10.6 Å². The van der Waals surface area contributed by atoms with Crippen LogP contribution in [0.15, 0.2) is 0 Å². The van der Waals surface area contributed by atoms with Gasteiger partial charge in [0.15, 0.2) is 0 Å². The van der Waals surface area contributed by atoms with Crippen LogP contribution in [0.25, 0.3) is 0 Å². The monoisotopic (exact) mass is 142 g/mol. The molecule has 2 nitrogen and oxygen atoms in total. The van der Waals surface area contributed by atoms with Crippen LogP contribution in [0, 0.1) is 5.92 Å². The third-order valence-corrected chi connectivity index (χ3v) is 2.61. The maximum absolute atomic E-state index is 5.59. The standard InChI is InChI=1S/C8H18N2/c1-7(6-9)8-4-3-5-10(8)2/h7-8H,3-6,9H2,1-2H3/t7-,8+/m1/s1. The summed E-state index contributed by atoms with van der Waals surface area (Å²) in [6, 6.07) is 0.755. The maximum Gasteiger partial charge on any atom is 0.0130 e. The quantitative estimate of drug-likeness (QED) is 0.614. The van der Waals surface area contributed by atoms with Gasteiger partial charge >= 0.3 is 0 Å². The summed E-state index contributed by atoms with van der Waals surface area (Å²) in [6.45, 7) is 4.33. The summed E-state index contributed by atoms with van der Waals surface area (Å²) in [5, 5.41) is 0. The molecule has 0 saturated carbocycles. The molecule has 0 aromatic carbocycles. The Morgan fingerprint density at radius 3 is 2.80 bits per heavy atom. The molecule has 0 radical (unpaired) electrons. The second-order valence-electron chi connectivity index (χ2n) is 3.40. The van der Waals surface area contributed by atoms with E-state index in [0.29, 0.717) is 5.92 Å². The molecule has 0 spiro atoms. The summed E-state index contributed by atoms with van der Waals surface area (Å²) >= 11 is 0. The third-order valence-electron chi connectivity index (χ3n) is 2.61. The first-order valence-corrected chi connectivity index (χ1v) is 4.16. The van der Waals surface area contributed by atoms with Gasteiger partial charge in [0.25, 0.3) is 0 Å². The van der Waals surface area contributed by atoms with Crippen LogP contribution in [0.2, 0.25) is 0 Å². The highest BCUT2D eigenvalue weighted by Crippen LogP contribution is 2.20. The van der Waals surface area contributed by atoms with Gasteiger partial charge in [0.05, 0.1) is 0 Å². The second kappa shape index (κ2) is 3.35. The van der Waals surface area contributed by atoms with E-state index < -0.39 is 0 Å². The van der Waals surface area contributed by atoms with E-state index in [9.17, 15) is 0 Å². The Morgan fingerprint density at radius 2 is 2.40 bits per heavy atom. The molecule has 0 unspecified atom stereocenters. The Bertz CT molecular complexity index is 103. The van der Waals surface area contributed by atoms with E-state index in [1.165, 1.54) is 19.4 Å². The molecule has 2 atom stereocenters. The van der Waals surface area contributed by atoms with E-state index >= 15 is 0 Å². The van der Waals surface area contributed by atoms with Crippen molar-refractivity contribution in [3.8, 4) is 0 Å². The fourth-order valence-corrected chi connectivity index (χ4v) is 1.81. The third kappa shape index (κ3) is 1.50. The lowest BCUT2D eigenvalue weighted by molar-refractivity contribution is 0.242. The molecule has 10 heavy (non-hydrogen) atoms. The van der Waals surface area contributed by atoms with Crippen LogP contribution in [-0.2, 0) is 0 Å². The molecule has 0 amide bonds. The van der Waals surface area contributed by atoms with Crippen LogP contribution in [0.3, 0.4) is 0 Å². The lowest BCUT2D eigenvalue weighted by atomic mass is 10.0. The highest BCUT2D eigenvalue weighted by atomic mass is 15.1. The average molecular weight is 142 g/mol. The van der Waals surface area contributed by atoms with Crippen molar-refractivity contribution in [1.82, 2.24) is 4.90 Å². The van der Waals surface area contributed by atoms with Gasteiger partial charge in [-0.05, 0) is 38.9 Å². The van der Waals surface area contributed by atoms with Crippen LogP contribution in [0.1, 0.15) is 19.8 Å². The van der Waals surface area contributed by atoms with Gasteiger partial charge in [0.1, 0.15) is 0 Å². The van der Waals surface area contributed by atoms with Crippen molar-refractivity contribution in [3.63, 3.8) is 0 Å². The van der Waals surface area contributed by atoms with E-state index in [-0.39, 0.29) is 0 Å². The molecule has 0 aromatic rings. The Kier molecular flexibility index (Phi) is 2.69. The van der Waals surface area contributed by atoms with E-state index in [4.69, 9.17) is 5.73 Å². The first-order valence-electron chi connectivity index (χ1n) is 4.16. The lowest BCUT2D eigenvalue weighted by Crippen LogP contribution is -2.34. The van der Waals surface area contributed by atoms with Crippen LogP contribution in [0.4, 0.5) is 0 Å². The van der Waals surface area contributed by atoms with E-state index in [0.717, 1.165) is 12.6 Å². The smallest absolute Gasteiger partial charge is 0.0130 e. The van der Waals surface area contributed by atoms with E-state index in [1.807, 2.05) is 0 Å². The summed E-state index contributed by atoms with van der Waals surface area (Å²) in [7, 11) is 2.20. The number of nitrogens with zero attached hydrogens (tertiary/aromatic N) is 1. The molecule has 1 aliphatic heterocycles. The Labute approximate surface area is 63.4 Å². The van der Waals surface area contributed by atoms with E-state index in [2.05, 4.69) is 18.9 Å². The van der Waals surface area contributed by atoms with E-state index in [1.54, 1.807) is 0 Å². The van der Waals surface area contributed by atoms with Crippen molar-refractivity contribution in [2.75, 3.05) is 20.1 Å². The summed E-state index contributed by atoms with van der Waals surface area (Å²) in [5.74, 6) is 0.674. The van der Waals surface area contributed by atoms with Gasteiger partial charge in [0.2, 0.25) is 0 Å². The molecule has 2 N–H and O–H groups in total. The number of likely N-dealkylation sites (tertiary alicyclic amines) is 1. The van der Waals surface area contributed by atoms with Crippen molar-refractivity contribution in [3.05, 3.63) is 0 Å². The van der Waals surface area contributed by atoms with Crippen LogP contribution in [0.5, 0.6) is 0 Å².